The van der Waals surface area contributed by atoms with Crippen molar-refractivity contribution in [2.75, 3.05) is 26.8 Å². The predicted octanol–water partition coefficient (Wildman–Crippen LogP) is 1.54. The van der Waals surface area contributed by atoms with E-state index in [1.807, 2.05) is 18.2 Å². The minimum atomic E-state index is -0.178. The maximum absolute atomic E-state index is 11.2. The molecule has 1 heterocycles. The number of rotatable bonds is 6. The Bertz CT molecular complexity index is 413. The molecule has 2 atom stereocenters. The van der Waals surface area contributed by atoms with Crippen molar-refractivity contribution < 1.29 is 14.3 Å². The normalized spacial score (nSPS) is 20.4. The van der Waals surface area contributed by atoms with Gasteiger partial charge in [-0.2, -0.15) is 0 Å². The molecule has 1 aromatic carbocycles. The molecule has 0 saturated carbocycles. The molecular formula is C15H24Cl2N2O3. The number of nitrogens with one attached hydrogen (secondary N) is 2. The van der Waals surface area contributed by atoms with Crippen LogP contribution in [0.1, 0.15) is 12.0 Å². The number of piperazine rings is 1. The molecule has 1 fully saturated rings. The second-order valence-corrected chi connectivity index (χ2v) is 4.99. The lowest BCUT2D eigenvalue weighted by atomic mass is 10.1. The Labute approximate surface area is 144 Å². The van der Waals surface area contributed by atoms with E-state index in [1.165, 1.54) is 12.7 Å². The first-order chi connectivity index (χ1) is 9.78. The van der Waals surface area contributed by atoms with E-state index in [1.54, 1.807) is 0 Å². The predicted molar refractivity (Wildman–Crippen MR) is 90.8 cm³/mol. The number of hydrogen-bond acceptors (Lipinski definition) is 5. The molecule has 0 spiro atoms. The molecule has 1 aliphatic heterocycles. The van der Waals surface area contributed by atoms with Gasteiger partial charge in [0, 0.05) is 25.2 Å². The highest BCUT2D eigenvalue weighted by molar-refractivity contribution is 5.85. The molecule has 5 nitrogen and oxygen atoms in total. The zero-order valence-electron chi connectivity index (χ0n) is 12.6. The van der Waals surface area contributed by atoms with Gasteiger partial charge in [0.15, 0.2) is 0 Å². The maximum Gasteiger partial charge on any atom is 0.307 e. The molecule has 0 amide bonds. The van der Waals surface area contributed by atoms with Crippen LogP contribution >= 0.6 is 24.8 Å². The van der Waals surface area contributed by atoms with Crippen molar-refractivity contribution in [3.63, 3.8) is 0 Å². The van der Waals surface area contributed by atoms with E-state index in [-0.39, 0.29) is 42.9 Å². The summed E-state index contributed by atoms with van der Waals surface area (Å²) in [5, 5.41) is 6.73. The molecule has 0 aromatic heterocycles. The molecule has 1 aromatic rings. The van der Waals surface area contributed by atoms with Gasteiger partial charge in [0.05, 0.1) is 26.7 Å². The first kappa shape index (κ1) is 21.1. The Morgan fingerprint density at radius 1 is 1.14 bits per heavy atom. The highest BCUT2D eigenvalue weighted by Gasteiger charge is 2.22. The smallest absolute Gasteiger partial charge is 0.307 e. The maximum atomic E-state index is 11.2. The lowest BCUT2D eigenvalue weighted by Crippen LogP contribution is -2.56. The zero-order chi connectivity index (χ0) is 14.2. The summed E-state index contributed by atoms with van der Waals surface area (Å²) in [4.78, 5) is 11.2. The van der Waals surface area contributed by atoms with Crippen molar-refractivity contribution in [3.8, 4) is 0 Å². The van der Waals surface area contributed by atoms with E-state index < -0.39 is 0 Å². The van der Waals surface area contributed by atoms with E-state index in [2.05, 4.69) is 27.5 Å². The Kier molecular flexibility index (Phi) is 11.2. The molecule has 0 bridgehead atoms. The lowest BCUT2D eigenvalue weighted by Gasteiger charge is -2.30. The minimum absolute atomic E-state index is 0. The molecule has 1 aliphatic rings. The first-order valence-corrected chi connectivity index (χ1v) is 6.93. The number of carbonyl (C=O) groups excluding carboxylic acids is 1. The summed E-state index contributed by atoms with van der Waals surface area (Å²) < 4.78 is 10.4. The van der Waals surface area contributed by atoms with Crippen molar-refractivity contribution in [3.05, 3.63) is 35.9 Å². The van der Waals surface area contributed by atoms with Crippen molar-refractivity contribution >= 4 is 30.8 Å². The van der Waals surface area contributed by atoms with Gasteiger partial charge >= 0.3 is 5.97 Å². The van der Waals surface area contributed by atoms with Gasteiger partial charge < -0.3 is 20.1 Å². The van der Waals surface area contributed by atoms with Crippen LogP contribution in [-0.4, -0.2) is 44.9 Å². The largest absolute Gasteiger partial charge is 0.469 e. The van der Waals surface area contributed by atoms with Crippen molar-refractivity contribution in [1.82, 2.24) is 10.6 Å². The number of ether oxygens (including phenoxy) is 2. The van der Waals surface area contributed by atoms with E-state index in [0.29, 0.717) is 19.6 Å². The van der Waals surface area contributed by atoms with Crippen LogP contribution in [0.5, 0.6) is 0 Å². The standard InChI is InChI=1S/C15H22N2O3.2ClH/c1-19-15(18)7-13-8-17-14(9-16-13)11-20-10-12-5-3-2-4-6-12;;/h2-6,13-14,16-17H,7-11H2,1H3;2*1H/t13-,14-;;/m1../s1. The van der Waals surface area contributed by atoms with Crippen molar-refractivity contribution in [2.45, 2.75) is 25.1 Å². The molecule has 126 valence electrons. The Morgan fingerprint density at radius 2 is 1.77 bits per heavy atom. The Morgan fingerprint density at radius 3 is 2.36 bits per heavy atom. The third kappa shape index (κ3) is 7.42. The number of esters is 1. The van der Waals surface area contributed by atoms with Crippen LogP contribution < -0.4 is 10.6 Å². The fourth-order valence-corrected chi connectivity index (χ4v) is 2.20. The van der Waals surface area contributed by atoms with Crippen molar-refractivity contribution in [1.29, 1.82) is 0 Å². The third-order valence-electron chi connectivity index (χ3n) is 3.38. The quantitative estimate of drug-likeness (QED) is 0.762. The van der Waals surface area contributed by atoms with Gasteiger partial charge in [0.25, 0.3) is 0 Å². The van der Waals surface area contributed by atoms with Crippen LogP contribution in [0, 0.1) is 0 Å². The van der Waals surface area contributed by atoms with Gasteiger partial charge in [0.2, 0.25) is 0 Å². The Hall–Kier alpha value is -0.850. The van der Waals surface area contributed by atoms with Gasteiger partial charge in [0.1, 0.15) is 0 Å². The summed E-state index contributed by atoms with van der Waals surface area (Å²) in [6.45, 7) is 2.85. The summed E-state index contributed by atoms with van der Waals surface area (Å²) in [6.07, 6.45) is 0.404. The van der Waals surface area contributed by atoms with Crippen LogP contribution in [0.4, 0.5) is 0 Å². The molecule has 0 aliphatic carbocycles. The van der Waals surface area contributed by atoms with Crippen molar-refractivity contribution in [2.24, 2.45) is 0 Å². The fourth-order valence-electron chi connectivity index (χ4n) is 2.20. The number of benzene rings is 1. The van der Waals surface area contributed by atoms with Crippen LogP contribution in [0.15, 0.2) is 30.3 Å². The van der Waals surface area contributed by atoms with Crippen LogP contribution in [0.3, 0.4) is 0 Å². The molecule has 22 heavy (non-hydrogen) atoms. The minimum Gasteiger partial charge on any atom is -0.469 e. The first-order valence-electron chi connectivity index (χ1n) is 6.93. The van der Waals surface area contributed by atoms with Crippen LogP contribution in [0.2, 0.25) is 0 Å². The molecule has 2 N–H and O–H groups in total. The lowest BCUT2D eigenvalue weighted by molar-refractivity contribution is -0.141. The highest BCUT2D eigenvalue weighted by Crippen LogP contribution is 2.03. The second kappa shape index (κ2) is 11.7. The molecule has 0 unspecified atom stereocenters. The highest BCUT2D eigenvalue weighted by atomic mass is 35.5. The molecule has 1 saturated heterocycles. The summed E-state index contributed by atoms with van der Waals surface area (Å²) in [5.41, 5.74) is 1.18. The fraction of sp³-hybridized carbons (Fsp3) is 0.533. The van der Waals surface area contributed by atoms with Gasteiger partial charge in [-0.05, 0) is 5.56 Å². The van der Waals surface area contributed by atoms with E-state index >= 15 is 0 Å². The van der Waals surface area contributed by atoms with Crippen LogP contribution in [0.25, 0.3) is 0 Å². The number of halogens is 2. The topological polar surface area (TPSA) is 59.6 Å². The average Bonchev–Trinajstić information content (AvgIpc) is 2.50. The van der Waals surface area contributed by atoms with Gasteiger partial charge in [-0.3, -0.25) is 4.79 Å². The summed E-state index contributed by atoms with van der Waals surface area (Å²) >= 11 is 0. The molecular weight excluding hydrogens is 327 g/mol. The molecule has 0 radical (unpaired) electrons. The Balaban J connectivity index is 0.00000220. The summed E-state index contributed by atoms with van der Waals surface area (Å²) in [5.74, 6) is -0.178. The SMILES string of the molecule is COC(=O)C[C@@H]1CN[C@@H](COCc2ccccc2)CN1.Cl.Cl. The summed E-state index contributed by atoms with van der Waals surface area (Å²) in [7, 11) is 1.42. The number of methoxy groups -OCH3 is 1. The van der Waals surface area contributed by atoms with E-state index in [9.17, 15) is 4.79 Å². The zero-order valence-corrected chi connectivity index (χ0v) is 14.3. The monoisotopic (exact) mass is 350 g/mol. The second-order valence-electron chi connectivity index (χ2n) is 4.99. The van der Waals surface area contributed by atoms with Gasteiger partial charge in [-0.1, -0.05) is 30.3 Å². The van der Waals surface area contributed by atoms with E-state index in [4.69, 9.17) is 4.74 Å². The van der Waals surface area contributed by atoms with E-state index in [0.717, 1.165) is 13.1 Å². The molecule has 2 rings (SSSR count). The number of hydrogen-bond donors (Lipinski definition) is 2. The van der Waals surface area contributed by atoms with Gasteiger partial charge in [-0.15, -0.1) is 24.8 Å². The third-order valence-corrected chi connectivity index (χ3v) is 3.38. The molecule has 7 heteroatoms. The van der Waals surface area contributed by atoms with Gasteiger partial charge in [-0.25, -0.2) is 0 Å². The number of carbonyl (C=O) groups is 1. The van der Waals surface area contributed by atoms with Crippen LogP contribution in [-0.2, 0) is 20.9 Å². The average molecular weight is 351 g/mol. The summed E-state index contributed by atoms with van der Waals surface area (Å²) in [6, 6.07) is 10.6.